The molecule has 1 N–H and O–H groups in total. The van der Waals surface area contributed by atoms with Gasteiger partial charge in [0.15, 0.2) is 0 Å². The molecule has 2 rings (SSSR count). The standard InChI is InChI=1S/C13H13BrClNO2/c14-9-1-2-11(15)10(7-9)12(17)13(8-16)3-5-18-6-4-13/h1-2,7,12,17H,3-6H2. The van der Waals surface area contributed by atoms with Crippen LogP contribution in [0.1, 0.15) is 24.5 Å². The highest BCUT2D eigenvalue weighted by molar-refractivity contribution is 9.10. The lowest BCUT2D eigenvalue weighted by Crippen LogP contribution is -2.34. The van der Waals surface area contributed by atoms with Crippen molar-refractivity contribution in [2.24, 2.45) is 5.41 Å². The van der Waals surface area contributed by atoms with E-state index in [9.17, 15) is 10.4 Å². The minimum atomic E-state index is -0.892. The van der Waals surface area contributed by atoms with Crippen LogP contribution in [0.25, 0.3) is 0 Å². The molecule has 1 fully saturated rings. The minimum absolute atomic E-state index is 0.479. The molecule has 0 spiro atoms. The number of benzene rings is 1. The predicted octanol–water partition coefficient (Wildman–Crippen LogP) is 3.46. The van der Waals surface area contributed by atoms with E-state index in [2.05, 4.69) is 22.0 Å². The smallest absolute Gasteiger partial charge is 0.0992 e. The van der Waals surface area contributed by atoms with Crippen LogP contribution in [0.3, 0.4) is 0 Å². The number of hydrogen-bond donors (Lipinski definition) is 1. The highest BCUT2D eigenvalue weighted by Gasteiger charge is 2.41. The van der Waals surface area contributed by atoms with Gasteiger partial charge in [0, 0.05) is 28.3 Å². The van der Waals surface area contributed by atoms with E-state index in [4.69, 9.17) is 16.3 Å². The van der Waals surface area contributed by atoms with Crippen molar-refractivity contribution in [3.8, 4) is 6.07 Å². The summed E-state index contributed by atoms with van der Waals surface area (Å²) in [6.07, 6.45) is 0.150. The Hall–Kier alpha value is -0.600. The van der Waals surface area contributed by atoms with Crippen molar-refractivity contribution in [1.82, 2.24) is 0 Å². The average Bonchev–Trinajstić information content (AvgIpc) is 2.41. The zero-order chi connectivity index (χ0) is 13.2. The third kappa shape index (κ3) is 2.55. The summed E-state index contributed by atoms with van der Waals surface area (Å²) in [5.41, 5.74) is -0.211. The number of ether oxygens (including phenoxy) is 1. The SMILES string of the molecule is N#CC1(C(O)c2cc(Br)ccc2Cl)CCOCC1. The van der Waals surface area contributed by atoms with Gasteiger partial charge in [0.25, 0.3) is 0 Å². The van der Waals surface area contributed by atoms with E-state index < -0.39 is 11.5 Å². The molecule has 1 atom stereocenters. The van der Waals surface area contributed by atoms with Gasteiger partial charge in [0.05, 0.1) is 17.6 Å². The van der Waals surface area contributed by atoms with Gasteiger partial charge in [0.1, 0.15) is 0 Å². The zero-order valence-electron chi connectivity index (χ0n) is 9.70. The molecule has 1 heterocycles. The molecule has 1 aromatic rings. The molecule has 3 nitrogen and oxygen atoms in total. The third-order valence-electron chi connectivity index (χ3n) is 3.38. The number of nitrogens with zero attached hydrogens (tertiary/aromatic N) is 1. The molecule has 1 saturated heterocycles. The van der Waals surface area contributed by atoms with Gasteiger partial charge in [-0.3, -0.25) is 0 Å². The largest absolute Gasteiger partial charge is 0.387 e. The summed E-state index contributed by atoms with van der Waals surface area (Å²) in [4.78, 5) is 0. The molecule has 96 valence electrons. The van der Waals surface area contributed by atoms with Crippen molar-refractivity contribution in [2.75, 3.05) is 13.2 Å². The molecular formula is C13H13BrClNO2. The number of aliphatic hydroxyl groups is 1. The van der Waals surface area contributed by atoms with Crippen LogP contribution in [0.4, 0.5) is 0 Å². The van der Waals surface area contributed by atoms with E-state index in [0.717, 1.165) is 4.47 Å². The highest BCUT2D eigenvalue weighted by Crippen LogP contribution is 2.44. The lowest BCUT2D eigenvalue weighted by Gasteiger charge is -2.35. The van der Waals surface area contributed by atoms with Crippen LogP contribution in [0.15, 0.2) is 22.7 Å². The van der Waals surface area contributed by atoms with Crippen molar-refractivity contribution in [2.45, 2.75) is 18.9 Å². The lowest BCUT2D eigenvalue weighted by atomic mass is 9.74. The van der Waals surface area contributed by atoms with E-state index in [-0.39, 0.29) is 0 Å². The first-order valence-electron chi connectivity index (χ1n) is 5.71. The molecule has 0 bridgehead atoms. The van der Waals surface area contributed by atoms with Crippen molar-refractivity contribution >= 4 is 27.5 Å². The maximum absolute atomic E-state index is 10.5. The van der Waals surface area contributed by atoms with Gasteiger partial charge in [-0.25, -0.2) is 0 Å². The summed E-state index contributed by atoms with van der Waals surface area (Å²) < 4.78 is 6.10. The van der Waals surface area contributed by atoms with Crippen molar-refractivity contribution in [3.05, 3.63) is 33.3 Å². The van der Waals surface area contributed by atoms with Crippen molar-refractivity contribution in [1.29, 1.82) is 5.26 Å². The second-order valence-corrected chi connectivity index (χ2v) is 5.77. The Morgan fingerprint density at radius 1 is 1.44 bits per heavy atom. The first-order valence-corrected chi connectivity index (χ1v) is 6.88. The molecule has 0 radical (unpaired) electrons. The molecule has 0 saturated carbocycles. The Morgan fingerprint density at radius 2 is 2.11 bits per heavy atom. The summed E-state index contributed by atoms with van der Waals surface area (Å²) in [6.45, 7) is 0.993. The second kappa shape index (κ2) is 5.58. The maximum Gasteiger partial charge on any atom is 0.0992 e. The maximum atomic E-state index is 10.5. The molecule has 0 aromatic heterocycles. The Bertz CT molecular complexity index is 480. The Kier molecular flexibility index (Phi) is 4.29. The number of halogens is 2. The Balaban J connectivity index is 2.37. The number of nitriles is 1. The van der Waals surface area contributed by atoms with Crippen LogP contribution >= 0.6 is 27.5 Å². The zero-order valence-corrected chi connectivity index (χ0v) is 12.0. The summed E-state index contributed by atoms with van der Waals surface area (Å²) in [5, 5.41) is 20.4. The highest BCUT2D eigenvalue weighted by atomic mass is 79.9. The normalized spacial score (nSPS) is 20.1. The van der Waals surface area contributed by atoms with E-state index in [1.54, 1.807) is 12.1 Å². The minimum Gasteiger partial charge on any atom is -0.387 e. The van der Waals surface area contributed by atoms with Crippen molar-refractivity contribution < 1.29 is 9.84 Å². The summed E-state index contributed by atoms with van der Waals surface area (Å²) in [6, 6.07) is 7.55. The van der Waals surface area contributed by atoms with Gasteiger partial charge in [-0.2, -0.15) is 5.26 Å². The Morgan fingerprint density at radius 3 is 2.72 bits per heavy atom. The summed E-state index contributed by atoms with van der Waals surface area (Å²) in [7, 11) is 0. The molecule has 0 aliphatic carbocycles. The van der Waals surface area contributed by atoms with Gasteiger partial charge >= 0.3 is 0 Å². The first-order chi connectivity index (χ1) is 8.59. The fourth-order valence-corrected chi connectivity index (χ4v) is 2.80. The predicted molar refractivity (Wildman–Crippen MR) is 72.2 cm³/mol. The van der Waals surface area contributed by atoms with E-state index in [1.165, 1.54) is 0 Å². The van der Waals surface area contributed by atoms with Crippen molar-refractivity contribution in [3.63, 3.8) is 0 Å². The quantitative estimate of drug-likeness (QED) is 0.903. The van der Waals surface area contributed by atoms with Gasteiger partial charge in [0.2, 0.25) is 0 Å². The molecule has 1 aromatic carbocycles. The molecular weight excluding hydrogens is 318 g/mol. The molecule has 0 amide bonds. The molecule has 5 heteroatoms. The fourth-order valence-electron chi connectivity index (χ4n) is 2.20. The number of hydrogen-bond acceptors (Lipinski definition) is 3. The van der Waals surface area contributed by atoms with Gasteiger partial charge < -0.3 is 9.84 Å². The van der Waals surface area contributed by atoms with E-state index >= 15 is 0 Å². The van der Waals surface area contributed by atoms with Crippen LogP contribution in [0.5, 0.6) is 0 Å². The van der Waals surface area contributed by atoms with Gasteiger partial charge in [-0.15, -0.1) is 0 Å². The molecule has 1 unspecified atom stereocenters. The topological polar surface area (TPSA) is 53.2 Å². The third-order valence-corrected chi connectivity index (χ3v) is 4.22. The number of rotatable bonds is 2. The first kappa shape index (κ1) is 13.8. The van der Waals surface area contributed by atoms with Crippen LogP contribution in [0.2, 0.25) is 5.02 Å². The van der Waals surface area contributed by atoms with Gasteiger partial charge in [-0.05, 0) is 31.0 Å². The summed E-state index contributed by atoms with van der Waals surface area (Å²) >= 11 is 9.46. The van der Waals surface area contributed by atoms with E-state index in [0.29, 0.717) is 36.6 Å². The number of aliphatic hydroxyl groups excluding tert-OH is 1. The molecule has 18 heavy (non-hydrogen) atoms. The lowest BCUT2D eigenvalue weighted by molar-refractivity contribution is -0.0309. The van der Waals surface area contributed by atoms with Crippen LogP contribution < -0.4 is 0 Å². The molecule has 1 aliphatic heterocycles. The van der Waals surface area contributed by atoms with E-state index in [1.807, 2.05) is 6.07 Å². The summed E-state index contributed by atoms with van der Waals surface area (Å²) in [5.74, 6) is 0. The Labute approximate surface area is 119 Å². The van der Waals surface area contributed by atoms with Crippen LogP contribution in [0, 0.1) is 16.7 Å². The fraction of sp³-hybridized carbons (Fsp3) is 0.462. The van der Waals surface area contributed by atoms with Crippen LogP contribution in [-0.2, 0) is 4.74 Å². The van der Waals surface area contributed by atoms with Crippen LogP contribution in [-0.4, -0.2) is 18.3 Å². The second-order valence-electron chi connectivity index (χ2n) is 4.45. The average molecular weight is 331 g/mol. The molecule has 1 aliphatic rings. The van der Waals surface area contributed by atoms with Gasteiger partial charge in [-0.1, -0.05) is 27.5 Å². The monoisotopic (exact) mass is 329 g/mol.